The molecule has 0 unspecified atom stereocenters. The van der Waals surface area contributed by atoms with E-state index in [-0.39, 0.29) is 16.9 Å². The fourth-order valence-electron chi connectivity index (χ4n) is 2.89. The highest BCUT2D eigenvalue weighted by atomic mass is 16.5. The van der Waals surface area contributed by atoms with Crippen LogP contribution in [0.15, 0.2) is 78.5 Å². The van der Waals surface area contributed by atoms with E-state index in [1.807, 2.05) is 0 Å². The van der Waals surface area contributed by atoms with E-state index in [0.717, 1.165) is 0 Å². The summed E-state index contributed by atoms with van der Waals surface area (Å²) in [6.07, 6.45) is 1.51. The average molecular weight is 446 g/mol. The van der Waals surface area contributed by atoms with Crippen molar-refractivity contribution >= 4 is 29.5 Å². The van der Waals surface area contributed by atoms with Gasteiger partial charge in [-0.05, 0) is 66.2 Å². The molecule has 168 valence electrons. The summed E-state index contributed by atoms with van der Waals surface area (Å²) in [5.41, 5.74) is 1.25. The van der Waals surface area contributed by atoms with Crippen molar-refractivity contribution in [1.29, 1.82) is 0 Å². The lowest BCUT2D eigenvalue weighted by Crippen LogP contribution is -2.30. The molecule has 0 aromatic heterocycles. The Morgan fingerprint density at radius 3 is 2.00 bits per heavy atom. The second kappa shape index (κ2) is 10.6. The molecule has 2 amide bonds. The molecule has 8 nitrogen and oxygen atoms in total. The van der Waals surface area contributed by atoms with E-state index in [1.54, 1.807) is 61.7 Å². The number of carboxylic acids is 1. The number of hydrogen-bond donors (Lipinski definition) is 3. The molecule has 3 rings (SSSR count). The number of rotatable bonds is 8. The quantitative estimate of drug-likeness (QED) is 0.454. The standard InChI is InChI=1S/C25H22N2O6/c1-32-20-10-6-16(7-11-20)14-22(27-23(28)17-8-12-21(33-2)13-9-17)24(29)26-19-5-3-4-18(15-19)25(30)31/h3-15H,1-2H3,(H,26,29)(H,27,28)(H,30,31)/b22-14-. The summed E-state index contributed by atoms with van der Waals surface area (Å²) >= 11 is 0. The van der Waals surface area contributed by atoms with Gasteiger partial charge in [0, 0.05) is 11.3 Å². The van der Waals surface area contributed by atoms with Gasteiger partial charge in [0.15, 0.2) is 0 Å². The zero-order valence-corrected chi connectivity index (χ0v) is 18.0. The van der Waals surface area contributed by atoms with Gasteiger partial charge in [0.1, 0.15) is 17.2 Å². The second-order valence-electron chi connectivity index (χ2n) is 6.85. The number of anilines is 1. The monoisotopic (exact) mass is 446 g/mol. The van der Waals surface area contributed by atoms with E-state index in [4.69, 9.17) is 9.47 Å². The Morgan fingerprint density at radius 1 is 0.818 bits per heavy atom. The third kappa shape index (κ3) is 6.20. The van der Waals surface area contributed by atoms with E-state index in [0.29, 0.717) is 22.6 Å². The predicted octanol–water partition coefficient (Wildman–Crippen LogP) is 3.81. The molecule has 0 saturated heterocycles. The lowest BCUT2D eigenvalue weighted by atomic mass is 10.1. The summed E-state index contributed by atoms with van der Waals surface area (Å²) in [6, 6.07) is 19.2. The van der Waals surface area contributed by atoms with Crippen molar-refractivity contribution in [3.05, 3.63) is 95.2 Å². The summed E-state index contributed by atoms with van der Waals surface area (Å²) in [4.78, 5) is 37.0. The zero-order chi connectivity index (χ0) is 23.8. The molecule has 0 aliphatic rings. The Bertz CT molecular complexity index is 1180. The first-order chi connectivity index (χ1) is 15.9. The summed E-state index contributed by atoms with van der Waals surface area (Å²) in [7, 11) is 3.07. The summed E-state index contributed by atoms with van der Waals surface area (Å²) in [5, 5.41) is 14.4. The van der Waals surface area contributed by atoms with Gasteiger partial charge in [-0.2, -0.15) is 0 Å². The number of benzene rings is 3. The number of ether oxygens (including phenoxy) is 2. The van der Waals surface area contributed by atoms with E-state index in [1.165, 1.54) is 31.4 Å². The summed E-state index contributed by atoms with van der Waals surface area (Å²) in [6.45, 7) is 0. The van der Waals surface area contributed by atoms with Gasteiger partial charge in [-0.1, -0.05) is 18.2 Å². The van der Waals surface area contributed by atoms with Crippen LogP contribution in [0, 0.1) is 0 Å². The molecular formula is C25H22N2O6. The lowest BCUT2D eigenvalue weighted by molar-refractivity contribution is -0.113. The van der Waals surface area contributed by atoms with Crippen molar-refractivity contribution in [3.63, 3.8) is 0 Å². The predicted molar refractivity (Wildman–Crippen MR) is 123 cm³/mol. The maximum absolute atomic E-state index is 13.0. The Kier molecular flexibility index (Phi) is 7.43. The molecular weight excluding hydrogens is 424 g/mol. The molecule has 3 aromatic rings. The molecule has 0 saturated carbocycles. The van der Waals surface area contributed by atoms with Crippen LogP contribution >= 0.6 is 0 Å². The zero-order valence-electron chi connectivity index (χ0n) is 18.0. The molecule has 3 N–H and O–H groups in total. The minimum atomic E-state index is -1.12. The third-order valence-electron chi connectivity index (χ3n) is 4.64. The summed E-state index contributed by atoms with van der Waals surface area (Å²) in [5.74, 6) is -0.988. The van der Waals surface area contributed by atoms with E-state index in [9.17, 15) is 19.5 Å². The smallest absolute Gasteiger partial charge is 0.335 e. The Labute approximate surface area is 190 Å². The molecule has 0 heterocycles. The van der Waals surface area contributed by atoms with Crippen molar-refractivity contribution < 1.29 is 29.0 Å². The van der Waals surface area contributed by atoms with Gasteiger partial charge in [-0.3, -0.25) is 9.59 Å². The van der Waals surface area contributed by atoms with Crippen LogP contribution in [0.5, 0.6) is 11.5 Å². The highest BCUT2D eigenvalue weighted by Crippen LogP contribution is 2.17. The Hall–Kier alpha value is -4.59. The molecule has 0 aliphatic heterocycles. The van der Waals surface area contributed by atoms with Gasteiger partial charge in [0.05, 0.1) is 19.8 Å². The van der Waals surface area contributed by atoms with E-state index >= 15 is 0 Å². The van der Waals surface area contributed by atoms with E-state index < -0.39 is 17.8 Å². The van der Waals surface area contributed by atoms with Crippen LogP contribution in [0.3, 0.4) is 0 Å². The van der Waals surface area contributed by atoms with Crippen LogP contribution in [0.2, 0.25) is 0 Å². The topological polar surface area (TPSA) is 114 Å². The van der Waals surface area contributed by atoms with Crippen molar-refractivity contribution in [2.45, 2.75) is 0 Å². The molecule has 8 heteroatoms. The minimum Gasteiger partial charge on any atom is -0.497 e. The van der Waals surface area contributed by atoms with E-state index in [2.05, 4.69) is 10.6 Å². The largest absolute Gasteiger partial charge is 0.497 e. The van der Waals surface area contributed by atoms with Crippen LogP contribution < -0.4 is 20.1 Å². The maximum atomic E-state index is 13.0. The number of carboxylic acid groups (broad SMARTS) is 1. The second-order valence-corrected chi connectivity index (χ2v) is 6.85. The third-order valence-corrected chi connectivity index (χ3v) is 4.64. The number of nitrogens with one attached hydrogen (secondary N) is 2. The van der Waals surface area contributed by atoms with Gasteiger partial charge in [0.2, 0.25) is 0 Å². The SMILES string of the molecule is COc1ccc(/C=C(\NC(=O)c2ccc(OC)cc2)C(=O)Nc2cccc(C(=O)O)c2)cc1. The number of carbonyl (C=O) groups is 3. The first-order valence-corrected chi connectivity index (χ1v) is 9.85. The number of hydrogen-bond acceptors (Lipinski definition) is 5. The molecule has 3 aromatic carbocycles. The van der Waals surface area contributed by atoms with Crippen LogP contribution in [0.25, 0.3) is 6.08 Å². The fourth-order valence-corrected chi connectivity index (χ4v) is 2.89. The highest BCUT2D eigenvalue weighted by Gasteiger charge is 2.16. The van der Waals surface area contributed by atoms with Crippen molar-refractivity contribution in [3.8, 4) is 11.5 Å². The molecule has 0 atom stereocenters. The first-order valence-electron chi connectivity index (χ1n) is 9.85. The van der Waals surface area contributed by atoms with Crippen molar-refractivity contribution in [2.24, 2.45) is 0 Å². The van der Waals surface area contributed by atoms with Crippen LogP contribution in [-0.2, 0) is 4.79 Å². The molecule has 0 fully saturated rings. The summed E-state index contributed by atoms with van der Waals surface area (Å²) < 4.78 is 10.2. The highest BCUT2D eigenvalue weighted by molar-refractivity contribution is 6.11. The van der Waals surface area contributed by atoms with Gasteiger partial charge in [-0.15, -0.1) is 0 Å². The average Bonchev–Trinajstić information content (AvgIpc) is 2.84. The molecule has 33 heavy (non-hydrogen) atoms. The number of aromatic carboxylic acids is 1. The van der Waals surface area contributed by atoms with Gasteiger partial charge >= 0.3 is 5.97 Å². The Balaban J connectivity index is 1.88. The number of amides is 2. The van der Waals surface area contributed by atoms with Crippen molar-refractivity contribution in [1.82, 2.24) is 5.32 Å². The number of methoxy groups -OCH3 is 2. The van der Waals surface area contributed by atoms with Crippen LogP contribution in [0.1, 0.15) is 26.3 Å². The van der Waals surface area contributed by atoms with Crippen LogP contribution in [0.4, 0.5) is 5.69 Å². The van der Waals surface area contributed by atoms with Gasteiger partial charge in [-0.25, -0.2) is 4.79 Å². The minimum absolute atomic E-state index is 0.0238. The number of carbonyl (C=O) groups excluding carboxylic acids is 2. The Morgan fingerprint density at radius 2 is 1.42 bits per heavy atom. The van der Waals surface area contributed by atoms with Gasteiger partial charge in [0.25, 0.3) is 11.8 Å². The maximum Gasteiger partial charge on any atom is 0.335 e. The molecule has 0 spiro atoms. The lowest BCUT2D eigenvalue weighted by Gasteiger charge is -2.12. The first kappa shape index (κ1) is 23.1. The van der Waals surface area contributed by atoms with Gasteiger partial charge < -0.3 is 25.2 Å². The molecule has 0 aliphatic carbocycles. The normalized spacial score (nSPS) is 10.8. The van der Waals surface area contributed by atoms with Crippen LogP contribution in [-0.4, -0.2) is 37.1 Å². The van der Waals surface area contributed by atoms with Crippen molar-refractivity contribution in [2.75, 3.05) is 19.5 Å². The molecule has 0 bridgehead atoms. The molecule has 0 radical (unpaired) electrons. The fraction of sp³-hybridized carbons (Fsp3) is 0.0800.